The van der Waals surface area contributed by atoms with E-state index < -0.39 is 23.9 Å². The standard InChI is InChI=1S/C18H20N4O4/c1-12(20-17(24)15-7-4-10-26-15)16(23)21-14-6-3-9-22(18(14)25)13-5-2-8-19-11-13/h2,4-5,7-8,10-12,14H,3,6,9H2,1H3,(H,20,24)(H,21,23). The van der Waals surface area contributed by atoms with E-state index in [0.29, 0.717) is 18.7 Å². The van der Waals surface area contributed by atoms with Crippen molar-refractivity contribution in [3.05, 3.63) is 48.7 Å². The highest BCUT2D eigenvalue weighted by atomic mass is 16.3. The molecule has 3 amide bonds. The summed E-state index contributed by atoms with van der Waals surface area (Å²) in [6.45, 7) is 2.14. The lowest BCUT2D eigenvalue weighted by molar-refractivity contribution is -0.129. The summed E-state index contributed by atoms with van der Waals surface area (Å²) < 4.78 is 5.00. The number of nitrogens with one attached hydrogen (secondary N) is 2. The van der Waals surface area contributed by atoms with Crippen LogP contribution in [0.25, 0.3) is 0 Å². The molecule has 2 aromatic heterocycles. The van der Waals surface area contributed by atoms with Crippen LogP contribution >= 0.6 is 0 Å². The van der Waals surface area contributed by atoms with Crippen LogP contribution in [0.3, 0.4) is 0 Å². The predicted molar refractivity (Wildman–Crippen MR) is 93.4 cm³/mol. The van der Waals surface area contributed by atoms with Gasteiger partial charge in [0.1, 0.15) is 12.1 Å². The highest BCUT2D eigenvalue weighted by Gasteiger charge is 2.32. The summed E-state index contributed by atoms with van der Waals surface area (Å²) in [5.41, 5.74) is 0.704. The summed E-state index contributed by atoms with van der Waals surface area (Å²) in [4.78, 5) is 42.6. The van der Waals surface area contributed by atoms with Crippen LogP contribution < -0.4 is 15.5 Å². The summed E-state index contributed by atoms with van der Waals surface area (Å²) in [5.74, 6) is -0.954. The third-order valence-electron chi connectivity index (χ3n) is 4.20. The summed E-state index contributed by atoms with van der Waals surface area (Å²) in [5, 5.41) is 5.27. The first-order valence-corrected chi connectivity index (χ1v) is 8.42. The number of piperidine rings is 1. The van der Waals surface area contributed by atoms with Crippen LogP contribution in [0.5, 0.6) is 0 Å². The Labute approximate surface area is 150 Å². The topological polar surface area (TPSA) is 105 Å². The number of pyridine rings is 1. The molecule has 2 atom stereocenters. The van der Waals surface area contributed by atoms with Gasteiger partial charge in [-0.2, -0.15) is 0 Å². The number of carbonyl (C=O) groups excluding carboxylic acids is 3. The number of aromatic nitrogens is 1. The average molecular weight is 356 g/mol. The van der Waals surface area contributed by atoms with E-state index in [2.05, 4.69) is 15.6 Å². The van der Waals surface area contributed by atoms with Gasteiger partial charge in [0.25, 0.3) is 5.91 Å². The van der Waals surface area contributed by atoms with Gasteiger partial charge in [0.15, 0.2) is 5.76 Å². The molecule has 0 saturated carbocycles. The Bertz CT molecular complexity index is 776. The Balaban J connectivity index is 1.59. The second kappa shape index (κ2) is 7.81. The van der Waals surface area contributed by atoms with E-state index in [4.69, 9.17) is 4.42 Å². The number of hydrogen-bond acceptors (Lipinski definition) is 5. The molecule has 136 valence electrons. The fourth-order valence-electron chi connectivity index (χ4n) is 2.82. The van der Waals surface area contributed by atoms with Crippen LogP contribution in [0.1, 0.15) is 30.3 Å². The molecule has 0 aromatic carbocycles. The molecule has 3 rings (SSSR count). The quantitative estimate of drug-likeness (QED) is 0.835. The van der Waals surface area contributed by atoms with Gasteiger partial charge in [0, 0.05) is 12.7 Å². The van der Waals surface area contributed by atoms with Gasteiger partial charge in [0.2, 0.25) is 11.8 Å². The normalized spacial score (nSPS) is 18.3. The zero-order valence-electron chi connectivity index (χ0n) is 14.3. The lowest BCUT2D eigenvalue weighted by Crippen LogP contribution is -2.56. The Kier molecular flexibility index (Phi) is 5.31. The molecular formula is C18H20N4O4. The molecule has 0 aliphatic carbocycles. The van der Waals surface area contributed by atoms with E-state index in [1.807, 2.05) is 0 Å². The van der Waals surface area contributed by atoms with Crippen LogP contribution in [-0.2, 0) is 9.59 Å². The SMILES string of the molecule is CC(NC(=O)c1ccco1)C(=O)NC1CCCN(c2cccnc2)C1=O. The fraction of sp³-hybridized carbons (Fsp3) is 0.333. The number of hydrogen-bond donors (Lipinski definition) is 2. The molecule has 1 aliphatic rings. The second-order valence-corrected chi connectivity index (χ2v) is 6.08. The van der Waals surface area contributed by atoms with E-state index in [9.17, 15) is 14.4 Å². The number of carbonyl (C=O) groups is 3. The van der Waals surface area contributed by atoms with Gasteiger partial charge in [-0.05, 0) is 44.0 Å². The molecule has 3 heterocycles. The third kappa shape index (κ3) is 3.90. The van der Waals surface area contributed by atoms with E-state index in [-0.39, 0.29) is 11.7 Å². The third-order valence-corrected chi connectivity index (χ3v) is 4.20. The zero-order chi connectivity index (χ0) is 18.5. The van der Waals surface area contributed by atoms with Crippen molar-refractivity contribution in [2.75, 3.05) is 11.4 Å². The van der Waals surface area contributed by atoms with Gasteiger partial charge in [-0.25, -0.2) is 0 Å². The van der Waals surface area contributed by atoms with Crippen LogP contribution in [0, 0.1) is 0 Å². The maximum atomic E-state index is 12.7. The number of anilines is 1. The van der Waals surface area contributed by atoms with Gasteiger partial charge in [-0.15, -0.1) is 0 Å². The van der Waals surface area contributed by atoms with Crippen molar-refractivity contribution in [2.45, 2.75) is 31.8 Å². The number of nitrogens with zero attached hydrogens (tertiary/aromatic N) is 2. The molecule has 0 radical (unpaired) electrons. The minimum atomic E-state index is -0.797. The minimum Gasteiger partial charge on any atom is -0.459 e. The predicted octanol–water partition coefficient (Wildman–Crippen LogP) is 1.10. The highest BCUT2D eigenvalue weighted by molar-refractivity contribution is 6.01. The summed E-state index contributed by atoms with van der Waals surface area (Å²) in [7, 11) is 0. The van der Waals surface area contributed by atoms with Crippen LogP contribution in [0.15, 0.2) is 47.3 Å². The lowest BCUT2D eigenvalue weighted by atomic mass is 10.0. The van der Waals surface area contributed by atoms with Crippen LogP contribution in [0.2, 0.25) is 0 Å². The summed E-state index contributed by atoms with van der Waals surface area (Å²) in [6, 6.07) is 5.25. The summed E-state index contributed by atoms with van der Waals surface area (Å²) >= 11 is 0. The number of furan rings is 1. The van der Waals surface area contributed by atoms with E-state index in [0.717, 1.165) is 6.42 Å². The van der Waals surface area contributed by atoms with Crippen molar-refractivity contribution < 1.29 is 18.8 Å². The molecule has 1 aliphatic heterocycles. The highest BCUT2D eigenvalue weighted by Crippen LogP contribution is 2.20. The van der Waals surface area contributed by atoms with Gasteiger partial charge >= 0.3 is 0 Å². The first-order chi connectivity index (χ1) is 12.6. The van der Waals surface area contributed by atoms with Gasteiger partial charge in [-0.3, -0.25) is 19.4 Å². The molecule has 1 saturated heterocycles. The minimum absolute atomic E-state index is 0.126. The van der Waals surface area contributed by atoms with Crippen molar-refractivity contribution in [1.29, 1.82) is 0 Å². The summed E-state index contributed by atoms with van der Waals surface area (Å²) in [6.07, 6.45) is 5.96. The molecule has 0 spiro atoms. The van der Waals surface area contributed by atoms with Crippen LogP contribution in [0.4, 0.5) is 5.69 Å². The molecule has 8 nitrogen and oxygen atoms in total. The Morgan fingerprint density at radius 2 is 2.19 bits per heavy atom. The van der Waals surface area contributed by atoms with Crippen molar-refractivity contribution in [1.82, 2.24) is 15.6 Å². The molecule has 2 unspecified atom stereocenters. The van der Waals surface area contributed by atoms with Crippen molar-refractivity contribution >= 4 is 23.4 Å². The maximum absolute atomic E-state index is 12.7. The molecule has 1 fully saturated rings. The monoisotopic (exact) mass is 356 g/mol. The van der Waals surface area contributed by atoms with Crippen molar-refractivity contribution in [3.63, 3.8) is 0 Å². The largest absolute Gasteiger partial charge is 0.459 e. The first-order valence-electron chi connectivity index (χ1n) is 8.42. The maximum Gasteiger partial charge on any atom is 0.287 e. The molecular weight excluding hydrogens is 336 g/mol. The van der Waals surface area contributed by atoms with Gasteiger partial charge in [0.05, 0.1) is 18.1 Å². The smallest absolute Gasteiger partial charge is 0.287 e. The van der Waals surface area contributed by atoms with E-state index in [1.54, 1.807) is 42.4 Å². The Morgan fingerprint density at radius 1 is 1.35 bits per heavy atom. The van der Waals surface area contributed by atoms with Crippen LogP contribution in [-0.4, -0.2) is 41.3 Å². The molecule has 8 heteroatoms. The fourth-order valence-corrected chi connectivity index (χ4v) is 2.82. The molecule has 0 bridgehead atoms. The second-order valence-electron chi connectivity index (χ2n) is 6.08. The number of amides is 3. The number of rotatable bonds is 5. The lowest BCUT2D eigenvalue weighted by Gasteiger charge is -2.33. The van der Waals surface area contributed by atoms with Gasteiger partial charge < -0.3 is 20.0 Å². The molecule has 2 aromatic rings. The van der Waals surface area contributed by atoms with E-state index in [1.165, 1.54) is 12.3 Å². The molecule has 2 N–H and O–H groups in total. The Morgan fingerprint density at radius 3 is 2.88 bits per heavy atom. The van der Waals surface area contributed by atoms with Gasteiger partial charge in [-0.1, -0.05) is 0 Å². The van der Waals surface area contributed by atoms with Crippen molar-refractivity contribution in [2.24, 2.45) is 0 Å². The first kappa shape index (κ1) is 17.7. The zero-order valence-corrected chi connectivity index (χ0v) is 14.3. The molecule has 26 heavy (non-hydrogen) atoms. The average Bonchev–Trinajstić information content (AvgIpc) is 3.19. The Hall–Kier alpha value is -3.16. The van der Waals surface area contributed by atoms with E-state index >= 15 is 0 Å². The van der Waals surface area contributed by atoms with Crippen molar-refractivity contribution in [3.8, 4) is 0 Å².